The minimum Gasteiger partial charge on any atom is -0.493 e. The van der Waals surface area contributed by atoms with Crippen molar-refractivity contribution in [2.24, 2.45) is 10.7 Å². The van der Waals surface area contributed by atoms with Gasteiger partial charge in [-0.3, -0.25) is 4.90 Å². The van der Waals surface area contributed by atoms with Crippen LogP contribution in [0.1, 0.15) is 18.5 Å². The van der Waals surface area contributed by atoms with E-state index in [1.165, 1.54) is 28.4 Å². The van der Waals surface area contributed by atoms with Crippen molar-refractivity contribution in [3.63, 3.8) is 0 Å². The number of hydrogen-bond donors (Lipinski definition) is 1. The van der Waals surface area contributed by atoms with Gasteiger partial charge in [0.05, 0.1) is 45.8 Å². The van der Waals surface area contributed by atoms with E-state index in [1.54, 1.807) is 24.0 Å². The third kappa shape index (κ3) is 3.23. The van der Waals surface area contributed by atoms with E-state index in [0.717, 1.165) is 11.8 Å². The van der Waals surface area contributed by atoms with E-state index in [1.807, 2.05) is 0 Å². The van der Waals surface area contributed by atoms with E-state index in [-0.39, 0.29) is 5.82 Å². The molecule has 0 spiro atoms. The van der Waals surface area contributed by atoms with Crippen molar-refractivity contribution in [2.75, 3.05) is 28.4 Å². The Hall–Kier alpha value is -3.32. The zero-order valence-electron chi connectivity index (χ0n) is 16.6. The maximum Gasteiger partial charge on any atom is 0.338 e. The van der Waals surface area contributed by atoms with Gasteiger partial charge in [-0.15, -0.1) is 0 Å². The number of esters is 1. The Kier molecular flexibility index (Phi) is 5.61. The molecule has 10 heteroatoms. The van der Waals surface area contributed by atoms with Crippen LogP contribution in [0.2, 0.25) is 0 Å². The summed E-state index contributed by atoms with van der Waals surface area (Å²) in [6.07, 6.45) is 0. The number of nitriles is 1. The van der Waals surface area contributed by atoms with Crippen LogP contribution in [0.3, 0.4) is 0 Å². The minimum absolute atomic E-state index is 0.212. The molecule has 2 N–H and O–H groups in total. The molecule has 0 radical (unpaired) electrons. The first-order chi connectivity index (χ1) is 13.9. The van der Waals surface area contributed by atoms with E-state index < -0.39 is 12.0 Å². The number of methoxy groups -OCH3 is 4. The molecule has 1 atom stereocenters. The third-order valence-electron chi connectivity index (χ3n) is 4.59. The highest BCUT2D eigenvalue weighted by Gasteiger charge is 2.43. The second kappa shape index (κ2) is 7.97. The molecule has 0 bridgehead atoms. The molecule has 152 valence electrons. The summed E-state index contributed by atoms with van der Waals surface area (Å²) in [4.78, 5) is 19.1. The van der Waals surface area contributed by atoms with Gasteiger partial charge in [0, 0.05) is 0 Å². The number of carbonyl (C=O) groups is 1. The van der Waals surface area contributed by atoms with Gasteiger partial charge >= 0.3 is 5.97 Å². The summed E-state index contributed by atoms with van der Waals surface area (Å²) in [5, 5.41) is 9.91. The number of benzene rings is 1. The Labute approximate surface area is 172 Å². The molecular weight excluding hydrogens is 396 g/mol. The molecule has 2 aliphatic heterocycles. The van der Waals surface area contributed by atoms with Gasteiger partial charge in [0.15, 0.2) is 16.7 Å². The first-order valence-corrected chi connectivity index (χ1v) is 9.28. The first kappa shape index (κ1) is 20.4. The molecule has 1 unspecified atom stereocenters. The molecule has 2 aliphatic rings. The Morgan fingerprint density at radius 2 is 1.83 bits per heavy atom. The van der Waals surface area contributed by atoms with Gasteiger partial charge in [-0.05, 0) is 36.4 Å². The molecule has 1 aromatic carbocycles. The van der Waals surface area contributed by atoms with Crippen molar-refractivity contribution in [1.29, 1.82) is 5.26 Å². The van der Waals surface area contributed by atoms with Crippen LogP contribution in [0.5, 0.6) is 17.2 Å². The third-order valence-corrected chi connectivity index (χ3v) is 5.56. The fraction of sp³-hybridized carbons (Fsp3) is 0.316. The molecule has 0 aliphatic carbocycles. The lowest BCUT2D eigenvalue weighted by molar-refractivity contribution is -0.136. The molecule has 0 saturated heterocycles. The molecular formula is C19H20N4O5S. The molecule has 1 aromatic rings. The normalized spacial score (nSPS) is 18.1. The quantitative estimate of drug-likeness (QED) is 0.721. The minimum atomic E-state index is -0.693. The number of hydrogen-bond acceptors (Lipinski definition) is 10. The zero-order chi connectivity index (χ0) is 21.3. The summed E-state index contributed by atoms with van der Waals surface area (Å²) in [6, 6.07) is 4.84. The fourth-order valence-corrected chi connectivity index (χ4v) is 4.20. The summed E-state index contributed by atoms with van der Waals surface area (Å²) in [6.45, 7) is 1.71. The number of thioether (sulfide) groups is 1. The maximum atomic E-state index is 12.6. The number of rotatable bonds is 5. The summed E-state index contributed by atoms with van der Waals surface area (Å²) >= 11 is 1.15. The first-order valence-electron chi connectivity index (χ1n) is 8.46. The van der Waals surface area contributed by atoms with Gasteiger partial charge in [-0.1, -0.05) is 0 Å². The van der Waals surface area contributed by atoms with Crippen LogP contribution in [0.15, 0.2) is 39.1 Å². The highest BCUT2D eigenvalue weighted by molar-refractivity contribution is 8.17. The van der Waals surface area contributed by atoms with Crippen LogP contribution < -0.4 is 19.9 Å². The lowest BCUT2D eigenvalue weighted by Crippen LogP contribution is -2.38. The second-order valence-corrected chi connectivity index (χ2v) is 7.02. The average Bonchev–Trinajstić information content (AvgIpc) is 3.05. The summed E-state index contributed by atoms with van der Waals surface area (Å²) < 4.78 is 21.3. The molecule has 2 heterocycles. The number of aliphatic imine (C=N–C) groups is 1. The number of nitrogens with two attached hydrogens (primary N) is 1. The topological polar surface area (TPSA) is 119 Å². The van der Waals surface area contributed by atoms with Crippen LogP contribution in [-0.4, -0.2) is 44.5 Å². The largest absolute Gasteiger partial charge is 0.493 e. The SMILES string of the molecule is COC(=O)C1=C(C)N=C2SC(C#N)=C(N)N2C1c1cc(OC)c(OC)c(OC)c1. The molecule has 9 nitrogen and oxygen atoms in total. The van der Waals surface area contributed by atoms with Crippen LogP contribution in [0.25, 0.3) is 0 Å². The maximum absolute atomic E-state index is 12.6. The lowest BCUT2D eigenvalue weighted by Gasteiger charge is -2.35. The van der Waals surface area contributed by atoms with Crippen molar-refractivity contribution in [2.45, 2.75) is 13.0 Å². The number of carbonyl (C=O) groups excluding carboxylic acids is 1. The Bertz CT molecular complexity index is 983. The molecule has 3 rings (SSSR count). The van der Waals surface area contributed by atoms with Gasteiger partial charge in [0.1, 0.15) is 16.8 Å². The van der Waals surface area contributed by atoms with Gasteiger partial charge in [-0.25, -0.2) is 9.79 Å². The van der Waals surface area contributed by atoms with Crippen LogP contribution in [0.4, 0.5) is 0 Å². The average molecular weight is 416 g/mol. The molecule has 0 aromatic heterocycles. The Morgan fingerprint density at radius 1 is 1.21 bits per heavy atom. The van der Waals surface area contributed by atoms with E-state index in [4.69, 9.17) is 24.7 Å². The predicted molar refractivity (Wildman–Crippen MR) is 107 cm³/mol. The van der Waals surface area contributed by atoms with Crippen molar-refractivity contribution in [3.05, 3.63) is 39.7 Å². The molecule has 0 amide bonds. The molecule has 0 saturated carbocycles. The van der Waals surface area contributed by atoms with E-state index in [9.17, 15) is 10.1 Å². The number of fused-ring (bicyclic) bond motifs is 1. The summed E-state index contributed by atoms with van der Waals surface area (Å²) in [5.41, 5.74) is 7.64. The second-order valence-electron chi connectivity index (χ2n) is 6.04. The van der Waals surface area contributed by atoms with Crippen LogP contribution in [-0.2, 0) is 9.53 Å². The number of ether oxygens (including phenoxy) is 4. The predicted octanol–water partition coefficient (Wildman–Crippen LogP) is 2.27. The lowest BCUT2D eigenvalue weighted by atomic mass is 9.94. The highest BCUT2D eigenvalue weighted by Crippen LogP contribution is 2.48. The van der Waals surface area contributed by atoms with Crippen LogP contribution >= 0.6 is 11.8 Å². The summed E-state index contributed by atoms with van der Waals surface area (Å²) in [7, 11) is 5.81. The molecule has 29 heavy (non-hydrogen) atoms. The number of amidine groups is 1. The zero-order valence-corrected chi connectivity index (χ0v) is 17.4. The Morgan fingerprint density at radius 3 is 2.31 bits per heavy atom. The number of allylic oxidation sites excluding steroid dienone is 2. The molecule has 0 fully saturated rings. The standard InChI is InChI=1S/C19H20N4O5S/c1-9-14(18(24)28-5)15(23-17(21)13(8-20)29-19(23)22-9)10-6-11(25-2)16(27-4)12(7-10)26-3/h6-7,15H,21H2,1-5H3. The van der Waals surface area contributed by atoms with Crippen molar-refractivity contribution < 1.29 is 23.7 Å². The number of nitrogens with zero attached hydrogens (tertiary/aromatic N) is 3. The Balaban J connectivity index is 2.29. The van der Waals surface area contributed by atoms with Gasteiger partial charge in [0.25, 0.3) is 0 Å². The monoisotopic (exact) mass is 416 g/mol. The van der Waals surface area contributed by atoms with Gasteiger partial charge in [-0.2, -0.15) is 5.26 Å². The van der Waals surface area contributed by atoms with E-state index >= 15 is 0 Å². The smallest absolute Gasteiger partial charge is 0.338 e. The van der Waals surface area contributed by atoms with Gasteiger partial charge in [0.2, 0.25) is 5.75 Å². The summed E-state index contributed by atoms with van der Waals surface area (Å²) in [5.74, 6) is 0.919. The van der Waals surface area contributed by atoms with Crippen molar-refractivity contribution in [1.82, 2.24) is 4.90 Å². The van der Waals surface area contributed by atoms with E-state index in [2.05, 4.69) is 11.1 Å². The van der Waals surface area contributed by atoms with Crippen LogP contribution in [0, 0.1) is 11.3 Å². The highest BCUT2D eigenvalue weighted by atomic mass is 32.2. The van der Waals surface area contributed by atoms with Crippen molar-refractivity contribution >= 4 is 22.9 Å². The van der Waals surface area contributed by atoms with Gasteiger partial charge < -0.3 is 24.7 Å². The fourth-order valence-electron chi connectivity index (χ4n) is 3.29. The van der Waals surface area contributed by atoms with Crippen molar-refractivity contribution in [3.8, 4) is 23.3 Å². The van der Waals surface area contributed by atoms with E-state index in [0.29, 0.717) is 44.2 Å².